The van der Waals surface area contributed by atoms with E-state index in [-0.39, 0.29) is 28.9 Å². The van der Waals surface area contributed by atoms with Gasteiger partial charge in [0.2, 0.25) is 14.8 Å². The first-order valence-corrected chi connectivity index (χ1v) is 16.7. The SMILES string of the molecule is C=C(CCl)C(C(=O)OCc1ccc(OC)cc1)N1C(=O)C(N=Cc2ccc(NC(C)=O)cc2)C1SS(=O)(=O)c1ccccc1. The van der Waals surface area contributed by atoms with Crippen molar-refractivity contribution >= 4 is 60.9 Å². The van der Waals surface area contributed by atoms with Crippen LogP contribution in [-0.4, -0.2) is 67.8 Å². The summed E-state index contributed by atoms with van der Waals surface area (Å²) in [6, 6.07) is 18.9. The second-order valence-corrected chi connectivity index (χ2v) is 13.9. The summed E-state index contributed by atoms with van der Waals surface area (Å²) in [6.45, 7) is 5.17. The molecule has 3 unspecified atom stereocenters. The third-order valence-electron chi connectivity index (χ3n) is 6.52. The lowest BCUT2D eigenvalue weighted by Crippen LogP contribution is -2.68. The van der Waals surface area contributed by atoms with Gasteiger partial charge >= 0.3 is 5.97 Å². The van der Waals surface area contributed by atoms with Crippen LogP contribution in [0, 0.1) is 0 Å². The zero-order valence-corrected chi connectivity index (χ0v) is 26.3. The van der Waals surface area contributed by atoms with E-state index < -0.39 is 38.2 Å². The van der Waals surface area contributed by atoms with Crippen LogP contribution in [0.2, 0.25) is 0 Å². The van der Waals surface area contributed by atoms with Crippen LogP contribution in [0.15, 0.2) is 101 Å². The zero-order valence-electron chi connectivity index (χ0n) is 23.9. The number of ether oxygens (including phenoxy) is 2. The average molecular weight is 656 g/mol. The van der Waals surface area contributed by atoms with E-state index >= 15 is 0 Å². The third-order valence-corrected chi connectivity index (χ3v) is 10.6. The molecule has 0 aliphatic carbocycles. The highest BCUT2D eigenvalue weighted by Crippen LogP contribution is 2.41. The number of nitrogens with zero attached hydrogens (tertiary/aromatic N) is 2. The molecule has 0 saturated carbocycles. The highest BCUT2D eigenvalue weighted by atomic mass is 35.5. The van der Waals surface area contributed by atoms with E-state index in [9.17, 15) is 22.8 Å². The molecule has 44 heavy (non-hydrogen) atoms. The molecule has 3 atom stereocenters. The summed E-state index contributed by atoms with van der Waals surface area (Å²) in [7, 11) is -1.94. The van der Waals surface area contributed by atoms with Gasteiger partial charge in [-0.2, -0.15) is 0 Å². The van der Waals surface area contributed by atoms with E-state index in [1.807, 2.05) is 0 Å². The lowest BCUT2D eigenvalue weighted by Gasteiger charge is -2.47. The summed E-state index contributed by atoms with van der Waals surface area (Å²) < 4.78 is 37.5. The van der Waals surface area contributed by atoms with Crippen LogP contribution in [-0.2, 0) is 34.6 Å². The number of halogens is 1. The smallest absolute Gasteiger partial charge is 0.333 e. The molecule has 0 spiro atoms. The fraction of sp³-hybridized carbons (Fsp3) is 0.226. The maximum absolute atomic E-state index is 13.6. The fourth-order valence-electron chi connectivity index (χ4n) is 4.28. The third kappa shape index (κ3) is 7.87. The molecule has 13 heteroatoms. The van der Waals surface area contributed by atoms with Crippen molar-refractivity contribution in [3.05, 3.63) is 102 Å². The maximum Gasteiger partial charge on any atom is 0.333 e. The molecule has 1 fully saturated rings. The van der Waals surface area contributed by atoms with Crippen molar-refractivity contribution in [1.29, 1.82) is 0 Å². The normalized spacial score (nSPS) is 17.1. The van der Waals surface area contributed by atoms with Gasteiger partial charge in [0.05, 0.1) is 12.0 Å². The summed E-state index contributed by atoms with van der Waals surface area (Å²) in [5, 5.41) is 1.57. The topological polar surface area (TPSA) is 131 Å². The van der Waals surface area contributed by atoms with Crippen LogP contribution >= 0.6 is 22.4 Å². The Bertz CT molecular complexity index is 1650. The van der Waals surface area contributed by atoms with Crippen LogP contribution in [0.4, 0.5) is 5.69 Å². The summed E-state index contributed by atoms with van der Waals surface area (Å²) in [5.41, 5.74) is 2.03. The number of rotatable bonds is 13. The predicted molar refractivity (Wildman–Crippen MR) is 170 cm³/mol. The molecule has 0 radical (unpaired) electrons. The van der Waals surface area contributed by atoms with Crippen LogP contribution < -0.4 is 10.1 Å². The first-order chi connectivity index (χ1) is 21.0. The first-order valence-electron chi connectivity index (χ1n) is 13.3. The minimum absolute atomic E-state index is 0.0374. The second-order valence-electron chi connectivity index (χ2n) is 9.68. The van der Waals surface area contributed by atoms with E-state index in [4.69, 9.17) is 21.1 Å². The molecule has 1 heterocycles. The number of amides is 2. The van der Waals surface area contributed by atoms with Gasteiger partial charge in [-0.1, -0.05) is 49.0 Å². The Hall–Kier alpha value is -4.13. The number of hydrogen-bond donors (Lipinski definition) is 1. The molecule has 10 nitrogen and oxygen atoms in total. The predicted octanol–water partition coefficient (Wildman–Crippen LogP) is 4.64. The van der Waals surface area contributed by atoms with Gasteiger partial charge in [0.1, 0.15) is 17.7 Å². The number of nitrogens with one attached hydrogen (secondary N) is 1. The van der Waals surface area contributed by atoms with Crippen LogP contribution in [0.3, 0.4) is 0 Å². The van der Waals surface area contributed by atoms with E-state index in [1.165, 1.54) is 32.4 Å². The van der Waals surface area contributed by atoms with E-state index in [0.29, 0.717) is 33.4 Å². The highest BCUT2D eigenvalue weighted by molar-refractivity contribution is 8.72. The number of anilines is 1. The summed E-state index contributed by atoms with van der Waals surface area (Å²) in [5.74, 6) is -1.16. The average Bonchev–Trinajstić information content (AvgIpc) is 3.02. The summed E-state index contributed by atoms with van der Waals surface area (Å²) in [4.78, 5) is 43.8. The van der Waals surface area contributed by atoms with Crippen molar-refractivity contribution < 1.29 is 32.3 Å². The lowest BCUT2D eigenvalue weighted by molar-refractivity contribution is -0.161. The van der Waals surface area contributed by atoms with Gasteiger partial charge in [-0.25, -0.2) is 13.2 Å². The van der Waals surface area contributed by atoms with Crippen molar-refractivity contribution in [2.75, 3.05) is 18.3 Å². The summed E-state index contributed by atoms with van der Waals surface area (Å²) in [6.07, 6.45) is 1.44. The molecular formula is C31H30ClN3O7S2. The number of alkyl halides is 1. The highest BCUT2D eigenvalue weighted by Gasteiger charge is 2.55. The monoisotopic (exact) mass is 655 g/mol. The van der Waals surface area contributed by atoms with Crippen molar-refractivity contribution in [3.8, 4) is 5.75 Å². The van der Waals surface area contributed by atoms with Gasteiger partial charge in [-0.05, 0) is 53.1 Å². The number of hydrogen-bond acceptors (Lipinski definition) is 9. The van der Waals surface area contributed by atoms with Gasteiger partial charge < -0.3 is 19.7 Å². The van der Waals surface area contributed by atoms with Gasteiger partial charge in [0, 0.05) is 35.5 Å². The van der Waals surface area contributed by atoms with Gasteiger partial charge in [-0.15, -0.1) is 11.6 Å². The molecule has 1 aliphatic rings. The molecule has 230 valence electrons. The number of benzene rings is 3. The second kappa shape index (κ2) is 14.6. The van der Waals surface area contributed by atoms with E-state index in [0.717, 1.165) is 4.90 Å². The molecular weight excluding hydrogens is 626 g/mol. The quantitative estimate of drug-likeness (QED) is 0.0704. The Morgan fingerprint density at radius 1 is 1.09 bits per heavy atom. The van der Waals surface area contributed by atoms with Gasteiger partial charge in [-0.3, -0.25) is 14.6 Å². The molecule has 3 aromatic carbocycles. The van der Waals surface area contributed by atoms with Gasteiger partial charge in [0.25, 0.3) is 5.91 Å². The van der Waals surface area contributed by atoms with Crippen LogP contribution in [0.5, 0.6) is 5.75 Å². The van der Waals surface area contributed by atoms with Crippen molar-refractivity contribution in [2.45, 2.75) is 35.9 Å². The first kappa shape index (κ1) is 32.8. The molecule has 2 amide bonds. The largest absolute Gasteiger partial charge is 0.497 e. The fourth-order valence-corrected chi connectivity index (χ4v) is 7.94. The molecule has 1 aliphatic heterocycles. The standard InChI is InChI=1S/C31H30ClN3O7S2/c1-20(17-32)28(31(38)42-19-23-11-15-25(41-3)16-12-23)35-29(37)27(30(35)43-44(39,40)26-7-5-4-6-8-26)33-18-22-9-13-24(14-10-22)34-21(2)36/h4-16,18,27-28,30H,1,17,19H2,2-3H3,(H,34,36). The number of esters is 1. The minimum atomic E-state index is -3.98. The molecule has 3 aromatic rings. The summed E-state index contributed by atoms with van der Waals surface area (Å²) >= 11 is 6.07. The van der Waals surface area contributed by atoms with Gasteiger partial charge in [0.15, 0.2) is 12.1 Å². The minimum Gasteiger partial charge on any atom is -0.497 e. The Labute approximate surface area is 264 Å². The molecule has 0 bridgehead atoms. The van der Waals surface area contributed by atoms with Crippen molar-refractivity contribution in [3.63, 3.8) is 0 Å². The number of aliphatic imine (C=N–C) groups is 1. The molecule has 1 saturated heterocycles. The maximum atomic E-state index is 13.6. The Morgan fingerprint density at radius 2 is 1.75 bits per heavy atom. The zero-order chi connectivity index (χ0) is 31.9. The molecule has 0 aromatic heterocycles. The van der Waals surface area contributed by atoms with Crippen LogP contribution in [0.25, 0.3) is 0 Å². The molecule has 4 rings (SSSR count). The lowest BCUT2D eigenvalue weighted by atomic mass is 9.99. The Kier molecular flexibility index (Phi) is 10.8. The molecule has 1 N–H and O–H groups in total. The Morgan fingerprint density at radius 3 is 2.34 bits per heavy atom. The van der Waals surface area contributed by atoms with E-state index in [1.54, 1.807) is 66.7 Å². The van der Waals surface area contributed by atoms with Crippen molar-refractivity contribution in [2.24, 2.45) is 4.99 Å². The van der Waals surface area contributed by atoms with Crippen molar-refractivity contribution in [1.82, 2.24) is 4.90 Å². The Balaban J connectivity index is 1.61. The number of carbonyl (C=O) groups excluding carboxylic acids is 3. The number of likely N-dealkylation sites (tertiary alicyclic amines) is 1. The number of methoxy groups -OCH3 is 1. The van der Waals surface area contributed by atoms with E-state index in [2.05, 4.69) is 16.9 Å². The number of β-lactam (4-membered cyclic amide) rings is 1. The van der Waals surface area contributed by atoms with Crippen LogP contribution in [0.1, 0.15) is 18.1 Å². The number of carbonyl (C=O) groups is 3.